The Morgan fingerprint density at radius 1 is 1.22 bits per heavy atom. The van der Waals surface area contributed by atoms with Crippen molar-refractivity contribution in [2.24, 2.45) is 0 Å². The summed E-state index contributed by atoms with van der Waals surface area (Å²) in [5, 5.41) is 3.11. The van der Waals surface area contributed by atoms with Gasteiger partial charge in [0.1, 0.15) is 5.82 Å². The van der Waals surface area contributed by atoms with Crippen LogP contribution >= 0.6 is 15.9 Å². The second-order valence-electron chi connectivity index (χ2n) is 4.23. The largest absolute Gasteiger partial charge is 0.314 e. The van der Waals surface area contributed by atoms with E-state index in [1.165, 1.54) is 18.2 Å². The van der Waals surface area contributed by atoms with Crippen molar-refractivity contribution in [3.05, 3.63) is 34.1 Å². The number of nitrogens with zero attached hydrogens (tertiary/aromatic N) is 1. The Morgan fingerprint density at radius 2 is 1.89 bits per heavy atom. The predicted octanol–water partition coefficient (Wildman–Crippen LogP) is 2.80. The lowest BCUT2D eigenvalue weighted by Crippen LogP contribution is -2.47. The smallest absolute Gasteiger partial charge is 0.258 e. The average Bonchev–Trinajstić information content (AvgIpc) is 2.35. The zero-order valence-electron chi connectivity index (χ0n) is 9.67. The van der Waals surface area contributed by atoms with Gasteiger partial charge in [-0.2, -0.15) is 0 Å². The van der Waals surface area contributed by atoms with E-state index < -0.39 is 18.3 Å². The maximum atomic E-state index is 13.3. The molecule has 2 rings (SSSR count). The van der Waals surface area contributed by atoms with Gasteiger partial charge in [0.2, 0.25) is 0 Å². The van der Waals surface area contributed by atoms with Gasteiger partial charge in [0, 0.05) is 30.7 Å². The maximum absolute atomic E-state index is 13.3. The van der Waals surface area contributed by atoms with Crippen LogP contribution in [0.4, 0.5) is 13.2 Å². The summed E-state index contributed by atoms with van der Waals surface area (Å²) in [6.07, 6.45) is -2.54. The van der Waals surface area contributed by atoms with Gasteiger partial charge in [-0.15, -0.1) is 0 Å². The van der Waals surface area contributed by atoms with E-state index in [2.05, 4.69) is 21.2 Å². The molecule has 0 spiro atoms. The van der Waals surface area contributed by atoms with E-state index in [1.54, 1.807) is 4.90 Å². The SMILES string of the molecule is Fc1ccc(Br)c([C@@H](C(F)F)N2CCNCC2)c1. The third-order valence-corrected chi connectivity index (χ3v) is 3.78. The van der Waals surface area contributed by atoms with Crippen LogP contribution in [0, 0.1) is 5.82 Å². The third-order valence-electron chi connectivity index (χ3n) is 3.06. The molecule has 0 bridgehead atoms. The van der Waals surface area contributed by atoms with Crippen LogP contribution < -0.4 is 5.32 Å². The molecule has 1 heterocycles. The number of benzene rings is 1. The lowest BCUT2D eigenvalue weighted by Gasteiger charge is -2.35. The van der Waals surface area contributed by atoms with Gasteiger partial charge in [-0.05, 0) is 23.8 Å². The van der Waals surface area contributed by atoms with Crippen molar-refractivity contribution < 1.29 is 13.2 Å². The van der Waals surface area contributed by atoms with Crippen LogP contribution in [0.15, 0.2) is 22.7 Å². The third kappa shape index (κ3) is 3.05. The molecule has 1 N–H and O–H groups in total. The van der Waals surface area contributed by atoms with Crippen molar-refractivity contribution in [3.8, 4) is 0 Å². The Bertz CT molecular complexity index is 408. The van der Waals surface area contributed by atoms with Gasteiger partial charge in [0.05, 0.1) is 6.04 Å². The van der Waals surface area contributed by atoms with Crippen LogP contribution in [0.3, 0.4) is 0 Å². The summed E-state index contributed by atoms with van der Waals surface area (Å²) < 4.78 is 40.3. The fourth-order valence-corrected chi connectivity index (χ4v) is 2.67. The highest BCUT2D eigenvalue weighted by molar-refractivity contribution is 9.10. The number of hydrogen-bond acceptors (Lipinski definition) is 2. The van der Waals surface area contributed by atoms with Crippen LogP contribution in [0.2, 0.25) is 0 Å². The Labute approximate surface area is 112 Å². The standard InChI is InChI=1S/C12H14BrF3N2/c13-10-2-1-8(14)7-9(10)11(12(15)16)18-5-3-17-4-6-18/h1-2,7,11-12,17H,3-6H2/t11-/m0/s1. The predicted molar refractivity (Wildman–Crippen MR) is 67.3 cm³/mol. The van der Waals surface area contributed by atoms with Crippen molar-refractivity contribution in [1.82, 2.24) is 10.2 Å². The Hall–Kier alpha value is -0.590. The molecule has 1 aliphatic heterocycles. The fraction of sp³-hybridized carbons (Fsp3) is 0.500. The van der Waals surface area contributed by atoms with Gasteiger partial charge < -0.3 is 5.32 Å². The minimum atomic E-state index is -2.54. The number of halogens is 4. The zero-order valence-corrected chi connectivity index (χ0v) is 11.3. The van der Waals surface area contributed by atoms with E-state index in [0.29, 0.717) is 36.2 Å². The van der Waals surface area contributed by atoms with E-state index in [0.717, 1.165) is 0 Å². The minimum Gasteiger partial charge on any atom is -0.314 e. The first-order chi connectivity index (χ1) is 8.59. The summed E-state index contributed by atoms with van der Waals surface area (Å²) in [5.74, 6) is -0.492. The van der Waals surface area contributed by atoms with Gasteiger partial charge in [-0.3, -0.25) is 4.90 Å². The van der Waals surface area contributed by atoms with Crippen molar-refractivity contribution >= 4 is 15.9 Å². The highest BCUT2D eigenvalue weighted by Crippen LogP contribution is 2.33. The van der Waals surface area contributed by atoms with Crippen LogP contribution in [0.1, 0.15) is 11.6 Å². The zero-order chi connectivity index (χ0) is 13.1. The number of rotatable bonds is 3. The first kappa shape index (κ1) is 13.8. The first-order valence-corrected chi connectivity index (χ1v) is 6.57. The first-order valence-electron chi connectivity index (χ1n) is 5.77. The van der Waals surface area contributed by atoms with E-state index >= 15 is 0 Å². The quantitative estimate of drug-likeness (QED) is 0.920. The van der Waals surface area contributed by atoms with E-state index in [1.807, 2.05) is 0 Å². The molecule has 18 heavy (non-hydrogen) atoms. The lowest BCUT2D eigenvalue weighted by molar-refractivity contribution is 0.0177. The molecule has 1 fully saturated rings. The molecule has 0 radical (unpaired) electrons. The van der Waals surface area contributed by atoms with Crippen LogP contribution in [-0.4, -0.2) is 37.5 Å². The normalized spacial score (nSPS) is 19.2. The van der Waals surface area contributed by atoms with Crippen molar-refractivity contribution in [2.45, 2.75) is 12.5 Å². The molecule has 2 nitrogen and oxygen atoms in total. The van der Waals surface area contributed by atoms with E-state index in [4.69, 9.17) is 0 Å². The van der Waals surface area contributed by atoms with E-state index in [-0.39, 0.29) is 0 Å². The molecule has 1 aliphatic rings. The Balaban J connectivity index is 2.31. The average molecular weight is 323 g/mol. The molecular weight excluding hydrogens is 309 g/mol. The molecule has 0 aliphatic carbocycles. The number of alkyl halides is 2. The molecule has 0 aromatic heterocycles. The summed E-state index contributed by atoms with van der Waals surface area (Å²) in [6, 6.07) is 2.86. The topological polar surface area (TPSA) is 15.3 Å². The van der Waals surface area contributed by atoms with Crippen LogP contribution in [0.5, 0.6) is 0 Å². The van der Waals surface area contributed by atoms with Gasteiger partial charge in [0.15, 0.2) is 0 Å². The molecule has 1 aromatic carbocycles. The number of hydrogen-bond donors (Lipinski definition) is 1. The molecule has 0 amide bonds. The summed E-state index contributed by atoms with van der Waals surface area (Å²) >= 11 is 3.22. The molecule has 6 heteroatoms. The molecule has 1 atom stereocenters. The van der Waals surface area contributed by atoms with Crippen LogP contribution in [0.25, 0.3) is 0 Å². The molecule has 0 saturated carbocycles. The highest BCUT2D eigenvalue weighted by Gasteiger charge is 2.31. The Morgan fingerprint density at radius 3 is 2.50 bits per heavy atom. The summed E-state index contributed by atoms with van der Waals surface area (Å²) in [6.45, 7) is 2.43. The second kappa shape index (κ2) is 6.04. The molecule has 1 aromatic rings. The van der Waals surface area contributed by atoms with Crippen molar-refractivity contribution in [1.29, 1.82) is 0 Å². The lowest BCUT2D eigenvalue weighted by atomic mass is 10.0. The molecule has 1 saturated heterocycles. The van der Waals surface area contributed by atoms with Gasteiger partial charge in [-0.25, -0.2) is 13.2 Å². The molecular formula is C12H14BrF3N2. The van der Waals surface area contributed by atoms with Crippen molar-refractivity contribution in [2.75, 3.05) is 26.2 Å². The molecule has 100 valence electrons. The van der Waals surface area contributed by atoms with E-state index in [9.17, 15) is 13.2 Å². The maximum Gasteiger partial charge on any atom is 0.258 e. The van der Waals surface area contributed by atoms with Gasteiger partial charge in [-0.1, -0.05) is 15.9 Å². The second-order valence-corrected chi connectivity index (χ2v) is 5.09. The van der Waals surface area contributed by atoms with Gasteiger partial charge >= 0.3 is 0 Å². The van der Waals surface area contributed by atoms with Crippen LogP contribution in [-0.2, 0) is 0 Å². The van der Waals surface area contributed by atoms with Gasteiger partial charge in [0.25, 0.3) is 6.43 Å². The molecule has 0 unspecified atom stereocenters. The number of piperazine rings is 1. The van der Waals surface area contributed by atoms with Crippen molar-refractivity contribution in [3.63, 3.8) is 0 Å². The fourth-order valence-electron chi connectivity index (χ4n) is 2.19. The Kier molecular flexibility index (Phi) is 4.64. The summed E-state index contributed by atoms with van der Waals surface area (Å²) in [7, 11) is 0. The monoisotopic (exact) mass is 322 g/mol. The highest BCUT2D eigenvalue weighted by atomic mass is 79.9. The minimum absolute atomic E-state index is 0.312. The summed E-state index contributed by atoms with van der Waals surface area (Å²) in [4.78, 5) is 1.70. The number of nitrogens with one attached hydrogen (secondary N) is 1. The summed E-state index contributed by atoms with van der Waals surface area (Å²) in [5.41, 5.74) is 0.312.